The molecule has 1 aromatic carbocycles. The summed E-state index contributed by atoms with van der Waals surface area (Å²) < 4.78 is 0.671. The van der Waals surface area contributed by atoms with Gasteiger partial charge in [0, 0.05) is 23.8 Å². The van der Waals surface area contributed by atoms with Gasteiger partial charge >= 0.3 is 5.97 Å². The van der Waals surface area contributed by atoms with Crippen molar-refractivity contribution in [2.75, 3.05) is 0 Å². The highest BCUT2D eigenvalue weighted by atomic mass is 16.7. The summed E-state index contributed by atoms with van der Waals surface area (Å²) in [4.78, 5) is 16.8. The summed E-state index contributed by atoms with van der Waals surface area (Å²) >= 11 is 0. The second kappa shape index (κ2) is 5.38. The third kappa shape index (κ3) is 2.36. The fraction of sp³-hybridized carbons (Fsp3) is 0.118. The van der Waals surface area contributed by atoms with Crippen molar-refractivity contribution in [2.45, 2.75) is 12.8 Å². The smallest absolute Gasteiger partial charge is 0.333 e. The first-order chi connectivity index (χ1) is 11.6. The van der Waals surface area contributed by atoms with Gasteiger partial charge in [-0.15, -0.1) is 4.73 Å². The summed E-state index contributed by atoms with van der Waals surface area (Å²) in [5.41, 5.74) is 2.60. The minimum Gasteiger partial charge on any atom is -0.492 e. The number of aromatic hydroxyl groups is 2. The number of carbonyl (C=O) groups is 1. The predicted molar refractivity (Wildman–Crippen MR) is 85.7 cm³/mol. The Labute approximate surface area is 136 Å². The van der Waals surface area contributed by atoms with E-state index in [1.54, 1.807) is 0 Å². The molecule has 0 unspecified atom stereocenters. The molecule has 0 spiro atoms. The maximum atomic E-state index is 11.9. The van der Waals surface area contributed by atoms with E-state index in [0.717, 1.165) is 21.7 Å². The normalized spacial score (nSPS) is 13.8. The van der Waals surface area contributed by atoms with Gasteiger partial charge in [-0.2, -0.15) is 10.2 Å². The standard InChI is InChI=1S/C17H13N3O4/c21-15-5-6-16(22)20(15)24-17(23)7-4-13-12-8-10-2-1-3-11(10)9-14(12)19-18-13/h1-3,5-6,8-9,21-22H,4,7H2. The lowest BCUT2D eigenvalue weighted by Crippen LogP contribution is -2.19. The second-order valence-electron chi connectivity index (χ2n) is 5.48. The number of fused-ring (bicyclic) bond motifs is 2. The zero-order chi connectivity index (χ0) is 16.7. The Morgan fingerprint density at radius 2 is 1.96 bits per heavy atom. The van der Waals surface area contributed by atoms with Crippen LogP contribution >= 0.6 is 0 Å². The van der Waals surface area contributed by atoms with Crippen molar-refractivity contribution in [1.82, 2.24) is 4.73 Å². The first-order valence-electron chi connectivity index (χ1n) is 7.40. The van der Waals surface area contributed by atoms with E-state index in [1.807, 2.05) is 30.4 Å². The second-order valence-corrected chi connectivity index (χ2v) is 5.48. The molecule has 0 amide bonds. The molecule has 0 fully saturated rings. The maximum Gasteiger partial charge on any atom is 0.333 e. The lowest BCUT2D eigenvalue weighted by molar-refractivity contribution is -0.145. The van der Waals surface area contributed by atoms with Crippen LogP contribution in [0.2, 0.25) is 0 Å². The number of nitrogens with zero attached hydrogens (tertiary/aromatic N) is 3. The van der Waals surface area contributed by atoms with Crippen molar-refractivity contribution in [3.8, 4) is 11.8 Å². The van der Waals surface area contributed by atoms with Crippen LogP contribution in [-0.4, -0.2) is 20.9 Å². The fourth-order valence-corrected chi connectivity index (χ4v) is 2.70. The van der Waals surface area contributed by atoms with Gasteiger partial charge in [-0.05, 0) is 22.9 Å². The lowest BCUT2D eigenvalue weighted by atomic mass is 10.1. The van der Waals surface area contributed by atoms with Gasteiger partial charge in [0.25, 0.3) is 0 Å². The van der Waals surface area contributed by atoms with Crippen LogP contribution in [0.25, 0.3) is 17.8 Å². The predicted octanol–water partition coefficient (Wildman–Crippen LogP) is 1.35. The topological polar surface area (TPSA) is 96.4 Å². The van der Waals surface area contributed by atoms with E-state index in [0.29, 0.717) is 16.8 Å². The number of hydrogen-bond acceptors (Lipinski definition) is 6. The molecule has 0 atom stereocenters. The minimum absolute atomic E-state index is 0.0455. The summed E-state index contributed by atoms with van der Waals surface area (Å²) in [6.07, 6.45) is 6.40. The summed E-state index contributed by atoms with van der Waals surface area (Å²) in [5.74, 6) is -1.29. The first kappa shape index (κ1) is 14.3. The Morgan fingerprint density at radius 1 is 1.17 bits per heavy atom. The number of carbonyl (C=O) groups excluding carboxylic acids is 1. The largest absolute Gasteiger partial charge is 0.492 e. The molecular formula is C17H13N3O4. The van der Waals surface area contributed by atoms with Gasteiger partial charge in [0.1, 0.15) is 0 Å². The van der Waals surface area contributed by atoms with Crippen molar-refractivity contribution in [2.24, 2.45) is 10.2 Å². The highest BCUT2D eigenvalue weighted by Crippen LogP contribution is 2.22. The van der Waals surface area contributed by atoms with Gasteiger partial charge in [0.2, 0.25) is 11.8 Å². The van der Waals surface area contributed by atoms with E-state index in [9.17, 15) is 15.0 Å². The summed E-state index contributed by atoms with van der Waals surface area (Å²) in [6.45, 7) is 0. The van der Waals surface area contributed by atoms with Crippen LogP contribution in [0.1, 0.15) is 18.4 Å². The van der Waals surface area contributed by atoms with E-state index in [2.05, 4.69) is 10.2 Å². The molecule has 24 heavy (non-hydrogen) atoms. The highest BCUT2D eigenvalue weighted by Gasteiger charge is 2.16. The number of benzene rings is 1. The quantitative estimate of drug-likeness (QED) is 0.887. The Hall–Kier alpha value is -3.35. The summed E-state index contributed by atoms with van der Waals surface area (Å²) in [7, 11) is 0. The fourth-order valence-electron chi connectivity index (χ4n) is 2.70. The monoisotopic (exact) mass is 323 g/mol. The molecule has 1 aliphatic heterocycles. The molecule has 7 nitrogen and oxygen atoms in total. The number of allylic oxidation sites excluding steroid dienone is 1. The van der Waals surface area contributed by atoms with E-state index in [-0.39, 0.29) is 18.2 Å². The number of rotatable bonds is 4. The molecule has 0 bridgehead atoms. The van der Waals surface area contributed by atoms with Crippen molar-refractivity contribution < 1.29 is 19.8 Å². The van der Waals surface area contributed by atoms with Gasteiger partial charge in [-0.25, -0.2) is 4.79 Å². The average molecular weight is 323 g/mol. The van der Waals surface area contributed by atoms with Gasteiger partial charge in [-0.3, -0.25) is 0 Å². The van der Waals surface area contributed by atoms with E-state index < -0.39 is 5.97 Å². The maximum absolute atomic E-state index is 11.9. The Bertz CT molecular complexity index is 1010. The van der Waals surface area contributed by atoms with Gasteiger partial charge in [0.05, 0.1) is 17.8 Å². The van der Waals surface area contributed by atoms with Crippen LogP contribution < -0.4 is 15.3 Å². The third-order valence-corrected chi connectivity index (χ3v) is 3.90. The zero-order valence-corrected chi connectivity index (χ0v) is 12.5. The van der Waals surface area contributed by atoms with Crippen molar-refractivity contribution in [1.29, 1.82) is 0 Å². The molecule has 4 rings (SSSR count). The highest BCUT2D eigenvalue weighted by molar-refractivity contribution is 5.74. The summed E-state index contributed by atoms with van der Waals surface area (Å²) in [6, 6.07) is 6.43. The van der Waals surface area contributed by atoms with Crippen LogP contribution in [0.5, 0.6) is 11.8 Å². The summed E-state index contributed by atoms with van der Waals surface area (Å²) in [5, 5.41) is 29.2. The van der Waals surface area contributed by atoms with Crippen LogP contribution in [0.3, 0.4) is 0 Å². The minimum atomic E-state index is -0.595. The van der Waals surface area contributed by atoms with Gasteiger partial charge < -0.3 is 15.1 Å². The molecule has 2 aliphatic rings. The van der Waals surface area contributed by atoms with Crippen LogP contribution in [-0.2, 0) is 4.79 Å². The molecule has 0 radical (unpaired) electrons. The SMILES string of the molecule is O=C(CCC1=c2cc3c(cc2N=N1)=CC=C3)On1c(O)ccc1O. The number of aromatic nitrogens is 1. The van der Waals surface area contributed by atoms with Crippen molar-refractivity contribution >= 4 is 29.5 Å². The van der Waals surface area contributed by atoms with Crippen molar-refractivity contribution in [3.05, 3.63) is 46.3 Å². The average Bonchev–Trinajstić information content (AvgIpc) is 3.26. The van der Waals surface area contributed by atoms with Gasteiger partial charge in [0.15, 0.2) is 0 Å². The lowest BCUT2D eigenvalue weighted by Gasteiger charge is -2.06. The molecular weight excluding hydrogens is 310 g/mol. The molecule has 1 aliphatic carbocycles. The van der Waals surface area contributed by atoms with E-state index >= 15 is 0 Å². The third-order valence-electron chi connectivity index (χ3n) is 3.90. The van der Waals surface area contributed by atoms with E-state index in [1.165, 1.54) is 12.1 Å². The Kier molecular flexibility index (Phi) is 3.19. The van der Waals surface area contributed by atoms with Crippen LogP contribution in [0.15, 0.2) is 40.6 Å². The molecule has 7 heteroatoms. The molecule has 2 N–H and O–H groups in total. The van der Waals surface area contributed by atoms with Crippen molar-refractivity contribution in [3.63, 3.8) is 0 Å². The molecule has 1 aromatic heterocycles. The van der Waals surface area contributed by atoms with Gasteiger partial charge in [-0.1, -0.05) is 18.2 Å². The van der Waals surface area contributed by atoms with E-state index in [4.69, 9.17) is 4.84 Å². The van der Waals surface area contributed by atoms with Crippen LogP contribution in [0, 0.1) is 0 Å². The number of hydrogen-bond donors (Lipinski definition) is 2. The molecule has 0 saturated heterocycles. The zero-order valence-electron chi connectivity index (χ0n) is 12.5. The molecule has 120 valence electrons. The molecule has 0 saturated carbocycles. The Balaban J connectivity index is 1.51. The van der Waals surface area contributed by atoms with Crippen LogP contribution in [0.4, 0.5) is 5.69 Å². The Morgan fingerprint density at radius 3 is 2.75 bits per heavy atom. The molecule has 2 aromatic rings. The number of azo groups is 1. The first-order valence-corrected chi connectivity index (χ1v) is 7.40. The molecule has 2 heterocycles.